The molecule has 0 fully saturated rings. The quantitative estimate of drug-likeness (QED) is 0.313. The Labute approximate surface area is 176 Å². The third-order valence-corrected chi connectivity index (χ3v) is 2.00. The molecule has 0 amide bonds. The summed E-state index contributed by atoms with van der Waals surface area (Å²) in [5, 5.41) is 0.905. The van der Waals surface area contributed by atoms with Crippen LogP contribution in [0.5, 0.6) is 0 Å². The van der Waals surface area contributed by atoms with Crippen LogP contribution in [0.4, 0.5) is 4.39 Å². The van der Waals surface area contributed by atoms with E-state index in [9.17, 15) is 4.39 Å². The molecule has 0 radical (unpaired) electrons. The van der Waals surface area contributed by atoms with Crippen molar-refractivity contribution in [1.29, 1.82) is 0 Å². The Morgan fingerprint density at radius 3 is 1.58 bits per heavy atom. The average Bonchev–Trinajstić information content (AvgIpc) is 2.25. The number of hydrogen-bond donors (Lipinski definition) is 0. The fourth-order valence-corrected chi connectivity index (χ4v) is 1.00. The Bertz CT molecular complexity index is 398. The summed E-state index contributed by atoms with van der Waals surface area (Å²) >= 11 is 10.8. The van der Waals surface area contributed by atoms with Crippen molar-refractivity contribution >= 4 is 69.3 Å². The van der Waals surface area contributed by atoms with Crippen molar-refractivity contribution in [3.63, 3.8) is 0 Å². The van der Waals surface area contributed by atoms with Gasteiger partial charge in [0.2, 0.25) is 0 Å². The summed E-state index contributed by atoms with van der Waals surface area (Å²) in [6.07, 6.45) is 0. The Morgan fingerprint density at radius 1 is 0.842 bits per heavy atom. The van der Waals surface area contributed by atoms with Crippen LogP contribution >= 0.6 is 23.2 Å². The van der Waals surface area contributed by atoms with Gasteiger partial charge in [0.15, 0.2) is 0 Å². The first-order valence-electron chi connectivity index (χ1n) is 4.13. The van der Waals surface area contributed by atoms with E-state index in [0.29, 0.717) is 0 Å². The van der Waals surface area contributed by atoms with Gasteiger partial charge in [0, 0.05) is 5.82 Å². The van der Waals surface area contributed by atoms with E-state index < -0.39 is 5.82 Å². The fraction of sp³-hybridized carbons (Fsp3) is 0. The van der Waals surface area contributed by atoms with Gasteiger partial charge in [-0.25, -0.2) is 0 Å². The van der Waals surface area contributed by atoms with Crippen LogP contribution in [0.1, 0.15) is 0 Å². The zero-order chi connectivity index (χ0) is 11.1. The molecule has 2 aromatic carbocycles. The fourth-order valence-electron chi connectivity index (χ4n) is 0.758. The zero-order valence-corrected chi connectivity index (χ0v) is 17.4. The van der Waals surface area contributed by atoms with Gasteiger partial charge in [-0.1, -0.05) is 5.02 Å². The molecule has 0 aliphatic heterocycles. The Balaban J connectivity index is -0.0000000983. The van der Waals surface area contributed by atoms with Crippen molar-refractivity contribution in [3.05, 3.63) is 70.5 Å². The maximum Gasteiger partial charge on any atom is 2.00 e. The Hall–Kier alpha value is 1.44. The summed E-state index contributed by atoms with van der Waals surface area (Å²) in [5.41, 5.74) is 0. The van der Waals surface area contributed by atoms with Crippen LogP contribution in [0.15, 0.2) is 42.5 Å². The maximum absolute atomic E-state index is 12.2. The van der Waals surface area contributed by atoms with Gasteiger partial charge in [-0.2, -0.15) is 42.5 Å². The van der Waals surface area contributed by atoms with Gasteiger partial charge in [0.05, 0.1) is 0 Å². The molecule has 0 saturated heterocycles. The predicted octanol–water partition coefficient (Wildman–Crippen LogP) is -2.33. The molecule has 0 saturated carbocycles. The van der Waals surface area contributed by atoms with Gasteiger partial charge < -0.3 is 34.0 Å². The second kappa shape index (κ2) is 17.5. The van der Waals surface area contributed by atoms with Gasteiger partial charge in [-0.3, -0.25) is 4.39 Å². The van der Waals surface area contributed by atoms with Crippen LogP contribution in [-0.4, -0.2) is 46.1 Å². The molecule has 0 nitrogen and oxygen atoms in total. The van der Waals surface area contributed by atoms with Crippen molar-refractivity contribution in [2.75, 3.05) is 0 Å². The summed E-state index contributed by atoms with van der Waals surface area (Å²) < 4.78 is 12.2. The third kappa shape index (κ3) is 14.2. The van der Waals surface area contributed by atoms with Crippen molar-refractivity contribution < 1.29 is 38.4 Å². The predicted molar refractivity (Wildman–Crippen MR) is 72.0 cm³/mol. The molecule has 19 heavy (non-hydrogen) atoms. The number of hydrogen-bond acceptors (Lipinski definition) is 0. The summed E-state index contributed by atoms with van der Waals surface area (Å²) in [6.45, 7) is 0. The molecule has 94 valence electrons. The molecule has 0 unspecified atom stereocenters. The van der Waals surface area contributed by atoms with E-state index >= 15 is 0 Å². The van der Waals surface area contributed by atoms with Crippen LogP contribution in [0.25, 0.3) is 0 Å². The van der Waals surface area contributed by atoms with Crippen LogP contribution in [0.2, 0.25) is 10.0 Å². The minimum absolute atomic E-state index is 0. The molecular formula is C12H7Br2Cl2FMg2. The maximum atomic E-state index is 12.2. The molecule has 0 heterocycles. The van der Waals surface area contributed by atoms with E-state index in [0.717, 1.165) is 5.02 Å². The van der Waals surface area contributed by atoms with Crippen molar-refractivity contribution in [2.24, 2.45) is 0 Å². The second-order valence-electron chi connectivity index (χ2n) is 2.56. The van der Waals surface area contributed by atoms with E-state index in [4.69, 9.17) is 23.2 Å². The molecule has 2 aromatic rings. The van der Waals surface area contributed by atoms with Crippen LogP contribution in [0, 0.1) is 17.9 Å². The molecule has 7 heteroatoms. The van der Waals surface area contributed by atoms with Crippen molar-refractivity contribution in [3.8, 4) is 0 Å². The first-order chi connectivity index (χ1) is 7.20. The van der Waals surface area contributed by atoms with E-state index in [2.05, 4.69) is 12.1 Å². The number of rotatable bonds is 0. The van der Waals surface area contributed by atoms with Gasteiger partial charge in [0.1, 0.15) is 0 Å². The largest absolute Gasteiger partial charge is 2.00 e. The first-order valence-corrected chi connectivity index (χ1v) is 4.88. The minimum atomic E-state index is -0.422. The van der Waals surface area contributed by atoms with Gasteiger partial charge in [-0.15, -0.1) is 35.3 Å². The molecule has 2 rings (SSSR count). The normalized spacial score (nSPS) is 7.11. The van der Waals surface area contributed by atoms with E-state index in [-0.39, 0.29) is 85.1 Å². The summed E-state index contributed by atoms with van der Waals surface area (Å²) in [6, 6.07) is 16.8. The molecule has 0 aromatic heterocycles. The second-order valence-corrected chi connectivity index (χ2v) is 3.40. The summed E-state index contributed by atoms with van der Waals surface area (Å²) in [4.78, 5) is 0. The molecule has 0 aliphatic rings. The standard InChI is InChI=1S/C6H3ClF.C6H4Cl.2BrH.2Mg/c7-5-3-1-2-4-6(5)8;7-6-4-2-1-3-5-6;;;;/h1,3-4H;2-5H;2*1H;;/q2*-1;;;2*+2/p-2. The molecule has 0 N–H and O–H groups in total. The summed E-state index contributed by atoms with van der Waals surface area (Å²) in [7, 11) is 0. The van der Waals surface area contributed by atoms with Crippen molar-refractivity contribution in [1.82, 2.24) is 0 Å². The van der Waals surface area contributed by atoms with Crippen molar-refractivity contribution in [2.45, 2.75) is 0 Å². The number of halogens is 5. The van der Waals surface area contributed by atoms with Gasteiger partial charge >= 0.3 is 46.1 Å². The molecular weight excluding hydrogens is 442 g/mol. The van der Waals surface area contributed by atoms with E-state index in [1.165, 1.54) is 12.1 Å². The zero-order valence-electron chi connectivity index (χ0n) is 9.85. The average molecular weight is 450 g/mol. The monoisotopic (exact) mass is 446 g/mol. The SMILES string of the molecule is Clc1cc[c-]cc1.Fc1c[c-]ccc1Cl.[Br-].[Br-].[Mg+2].[Mg+2]. The third-order valence-electron chi connectivity index (χ3n) is 1.44. The van der Waals surface area contributed by atoms with Gasteiger partial charge in [-0.05, 0) is 5.02 Å². The molecule has 0 atom stereocenters. The van der Waals surface area contributed by atoms with Crippen LogP contribution in [0.3, 0.4) is 0 Å². The molecule has 0 aliphatic carbocycles. The topological polar surface area (TPSA) is 0 Å². The van der Waals surface area contributed by atoms with E-state index in [1.807, 2.05) is 0 Å². The minimum Gasteiger partial charge on any atom is -1.00 e. The van der Waals surface area contributed by atoms with E-state index in [1.54, 1.807) is 30.3 Å². The molecule has 0 spiro atoms. The summed E-state index contributed by atoms with van der Waals surface area (Å²) in [5.74, 6) is -0.422. The Morgan fingerprint density at radius 2 is 1.32 bits per heavy atom. The first kappa shape index (κ1) is 28.6. The van der Waals surface area contributed by atoms with Gasteiger partial charge in [0.25, 0.3) is 0 Å². The van der Waals surface area contributed by atoms with Crippen LogP contribution < -0.4 is 34.0 Å². The smallest absolute Gasteiger partial charge is 1.00 e. The molecule has 0 bridgehead atoms. The van der Waals surface area contributed by atoms with Crippen LogP contribution in [-0.2, 0) is 0 Å². The Kier molecular flexibility index (Phi) is 26.3. The number of benzene rings is 2.